The summed E-state index contributed by atoms with van der Waals surface area (Å²) in [6, 6.07) is 5.30. The standard InChI is InChI=1S/C11H12FNO/c12-6-11(14)8-2-1-7-3-4-10(13)9(7)5-8/h1-2,5,10H,3-4,6,13H2/t10-/m1/s1. The molecule has 0 aliphatic heterocycles. The van der Waals surface area contributed by atoms with Crippen molar-refractivity contribution in [2.45, 2.75) is 18.9 Å². The topological polar surface area (TPSA) is 43.1 Å². The molecule has 0 spiro atoms. The van der Waals surface area contributed by atoms with Gasteiger partial charge in [-0.1, -0.05) is 12.1 Å². The highest BCUT2D eigenvalue weighted by atomic mass is 19.1. The van der Waals surface area contributed by atoms with Crippen LogP contribution in [0.2, 0.25) is 0 Å². The lowest BCUT2D eigenvalue weighted by atomic mass is 10.0. The first-order valence-electron chi connectivity index (χ1n) is 4.70. The van der Waals surface area contributed by atoms with E-state index in [1.54, 1.807) is 12.1 Å². The van der Waals surface area contributed by atoms with Crippen molar-refractivity contribution >= 4 is 5.78 Å². The number of benzene rings is 1. The van der Waals surface area contributed by atoms with Gasteiger partial charge in [-0.25, -0.2) is 4.39 Å². The number of ketones is 1. The zero-order valence-corrected chi connectivity index (χ0v) is 7.79. The fourth-order valence-electron chi connectivity index (χ4n) is 1.88. The molecule has 0 bridgehead atoms. The normalized spacial score (nSPS) is 19.4. The molecule has 0 amide bonds. The molecule has 1 aliphatic rings. The number of carbonyl (C=O) groups is 1. The van der Waals surface area contributed by atoms with E-state index in [0.717, 1.165) is 18.4 Å². The van der Waals surface area contributed by atoms with Gasteiger partial charge in [0.2, 0.25) is 0 Å². The minimum absolute atomic E-state index is 0.0114. The Morgan fingerprint density at radius 2 is 2.36 bits per heavy atom. The third-order valence-electron chi connectivity index (χ3n) is 2.71. The minimum atomic E-state index is -0.936. The second-order valence-corrected chi connectivity index (χ2v) is 3.62. The summed E-state index contributed by atoms with van der Waals surface area (Å²) >= 11 is 0. The van der Waals surface area contributed by atoms with Crippen molar-refractivity contribution < 1.29 is 9.18 Å². The van der Waals surface area contributed by atoms with E-state index in [-0.39, 0.29) is 6.04 Å². The fraction of sp³-hybridized carbons (Fsp3) is 0.364. The first-order chi connectivity index (χ1) is 6.72. The summed E-state index contributed by atoms with van der Waals surface area (Å²) in [7, 11) is 0. The Balaban J connectivity index is 2.39. The van der Waals surface area contributed by atoms with Crippen molar-refractivity contribution in [3.8, 4) is 0 Å². The molecule has 2 nitrogen and oxygen atoms in total. The van der Waals surface area contributed by atoms with Crippen LogP contribution >= 0.6 is 0 Å². The maximum Gasteiger partial charge on any atom is 0.193 e. The molecule has 0 radical (unpaired) electrons. The Labute approximate surface area is 81.9 Å². The monoisotopic (exact) mass is 193 g/mol. The van der Waals surface area contributed by atoms with E-state index in [9.17, 15) is 9.18 Å². The molecule has 0 aromatic heterocycles. The number of carbonyl (C=O) groups excluding carboxylic acids is 1. The fourth-order valence-corrected chi connectivity index (χ4v) is 1.88. The van der Waals surface area contributed by atoms with Crippen molar-refractivity contribution in [3.63, 3.8) is 0 Å². The number of nitrogens with two attached hydrogens (primary N) is 1. The third-order valence-corrected chi connectivity index (χ3v) is 2.71. The van der Waals surface area contributed by atoms with Crippen molar-refractivity contribution in [2.75, 3.05) is 6.67 Å². The molecule has 14 heavy (non-hydrogen) atoms. The summed E-state index contributed by atoms with van der Waals surface area (Å²) in [5.41, 5.74) is 8.48. The van der Waals surface area contributed by atoms with Gasteiger partial charge in [-0.05, 0) is 30.0 Å². The van der Waals surface area contributed by atoms with E-state index in [4.69, 9.17) is 5.73 Å². The smallest absolute Gasteiger partial charge is 0.193 e. The van der Waals surface area contributed by atoms with Gasteiger partial charge in [-0.2, -0.15) is 0 Å². The Morgan fingerprint density at radius 3 is 3.07 bits per heavy atom. The molecular weight excluding hydrogens is 181 g/mol. The summed E-state index contributed by atoms with van der Waals surface area (Å²) < 4.78 is 12.1. The summed E-state index contributed by atoms with van der Waals surface area (Å²) in [6.07, 6.45) is 1.88. The third kappa shape index (κ3) is 1.44. The lowest BCUT2D eigenvalue weighted by molar-refractivity contribution is 0.0958. The van der Waals surface area contributed by atoms with Gasteiger partial charge in [-0.15, -0.1) is 0 Å². The van der Waals surface area contributed by atoms with Crippen LogP contribution in [0.1, 0.15) is 33.9 Å². The van der Waals surface area contributed by atoms with Gasteiger partial charge >= 0.3 is 0 Å². The van der Waals surface area contributed by atoms with Crippen LogP contribution in [-0.2, 0) is 6.42 Å². The second kappa shape index (κ2) is 3.50. The quantitative estimate of drug-likeness (QED) is 0.727. The largest absolute Gasteiger partial charge is 0.324 e. The van der Waals surface area contributed by atoms with Crippen molar-refractivity contribution in [2.24, 2.45) is 5.73 Å². The van der Waals surface area contributed by atoms with Crippen molar-refractivity contribution in [1.82, 2.24) is 0 Å². The van der Waals surface area contributed by atoms with Crippen LogP contribution in [0.5, 0.6) is 0 Å². The predicted octanol–water partition coefficient (Wildman–Crippen LogP) is 1.78. The molecule has 2 rings (SSSR count). The maximum atomic E-state index is 12.1. The van der Waals surface area contributed by atoms with E-state index >= 15 is 0 Å². The molecular formula is C11H12FNO. The highest BCUT2D eigenvalue weighted by Gasteiger charge is 2.20. The molecule has 3 heteroatoms. The Hall–Kier alpha value is -1.22. The molecule has 74 valence electrons. The average Bonchev–Trinajstić information content (AvgIpc) is 2.59. The van der Waals surface area contributed by atoms with Crippen molar-refractivity contribution in [1.29, 1.82) is 0 Å². The molecule has 0 fully saturated rings. The van der Waals surface area contributed by atoms with Gasteiger partial charge in [-0.3, -0.25) is 4.79 Å². The lowest BCUT2D eigenvalue weighted by Crippen LogP contribution is -2.07. The van der Waals surface area contributed by atoms with Gasteiger partial charge in [0.15, 0.2) is 12.5 Å². The van der Waals surface area contributed by atoms with E-state index in [1.165, 1.54) is 5.56 Å². The van der Waals surface area contributed by atoms with E-state index in [2.05, 4.69) is 0 Å². The molecule has 1 aromatic rings. The molecule has 0 unspecified atom stereocenters. The summed E-state index contributed by atoms with van der Waals surface area (Å²) in [5.74, 6) is -0.466. The van der Waals surface area contributed by atoms with E-state index in [1.807, 2.05) is 6.07 Å². The number of halogens is 1. The first kappa shape index (κ1) is 9.34. The Morgan fingerprint density at radius 1 is 1.57 bits per heavy atom. The summed E-state index contributed by atoms with van der Waals surface area (Å²) in [4.78, 5) is 11.1. The molecule has 2 N–H and O–H groups in total. The van der Waals surface area contributed by atoms with Gasteiger partial charge in [0, 0.05) is 11.6 Å². The van der Waals surface area contributed by atoms with Crippen LogP contribution in [-0.4, -0.2) is 12.5 Å². The zero-order valence-electron chi connectivity index (χ0n) is 7.79. The number of hydrogen-bond acceptors (Lipinski definition) is 2. The summed E-state index contributed by atoms with van der Waals surface area (Å²) in [5, 5.41) is 0. The van der Waals surface area contributed by atoms with Crippen LogP contribution in [0.25, 0.3) is 0 Å². The number of fused-ring (bicyclic) bond motifs is 1. The Bertz CT molecular complexity index is 376. The average molecular weight is 193 g/mol. The number of hydrogen-bond donors (Lipinski definition) is 1. The van der Waals surface area contributed by atoms with E-state index in [0.29, 0.717) is 5.56 Å². The number of rotatable bonds is 2. The number of Topliss-reactive ketones (excluding diaryl/α,β-unsaturated/α-hetero) is 1. The van der Waals surface area contributed by atoms with Gasteiger partial charge in [0.05, 0.1) is 0 Å². The lowest BCUT2D eigenvalue weighted by Gasteiger charge is -2.06. The molecule has 1 aliphatic carbocycles. The molecule has 1 atom stereocenters. The molecule has 1 aromatic carbocycles. The highest BCUT2D eigenvalue weighted by Crippen LogP contribution is 2.29. The summed E-state index contributed by atoms with van der Waals surface area (Å²) in [6.45, 7) is -0.936. The first-order valence-corrected chi connectivity index (χ1v) is 4.70. The van der Waals surface area contributed by atoms with Crippen LogP contribution in [0.3, 0.4) is 0 Å². The van der Waals surface area contributed by atoms with Crippen LogP contribution in [0, 0.1) is 0 Å². The number of aryl methyl sites for hydroxylation is 1. The van der Waals surface area contributed by atoms with Gasteiger partial charge < -0.3 is 5.73 Å². The predicted molar refractivity (Wildman–Crippen MR) is 52.0 cm³/mol. The van der Waals surface area contributed by atoms with Crippen LogP contribution < -0.4 is 5.73 Å². The second-order valence-electron chi connectivity index (χ2n) is 3.62. The highest BCUT2D eigenvalue weighted by molar-refractivity contribution is 5.97. The van der Waals surface area contributed by atoms with E-state index < -0.39 is 12.5 Å². The molecule has 0 heterocycles. The molecule has 0 saturated carbocycles. The number of alkyl halides is 1. The van der Waals surface area contributed by atoms with Crippen LogP contribution in [0.15, 0.2) is 18.2 Å². The molecule has 0 saturated heterocycles. The minimum Gasteiger partial charge on any atom is -0.324 e. The van der Waals surface area contributed by atoms with Gasteiger partial charge in [0.1, 0.15) is 0 Å². The SMILES string of the molecule is N[C@@H]1CCc2ccc(C(=O)CF)cc21. The van der Waals surface area contributed by atoms with Crippen molar-refractivity contribution in [3.05, 3.63) is 34.9 Å². The zero-order chi connectivity index (χ0) is 10.1. The Kier molecular flexibility index (Phi) is 2.33. The van der Waals surface area contributed by atoms with Crippen LogP contribution in [0.4, 0.5) is 4.39 Å². The van der Waals surface area contributed by atoms with Gasteiger partial charge in [0.25, 0.3) is 0 Å². The maximum absolute atomic E-state index is 12.1.